The molecule has 1 atom stereocenters. The fraction of sp³-hybridized carbons (Fsp3) is 0.471. The maximum absolute atomic E-state index is 12.0. The van der Waals surface area contributed by atoms with Crippen molar-refractivity contribution in [2.24, 2.45) is 5.16 Å². The highest BCUT2D eigenvalue weighted by Crippen LogP contribution is 2.11. The molecule has 1 aliphatic heterocycles. The van der Waals surface area contributed by atoms with Gasteiger partial charge in [0.15, 0.2) is 6.61 Å². The van der Waals surface area contributed by atoms with E-state index in [2.05, 4.69) is 10.5 Å². The van der Waals surface area contributed by atoms with Crippen molar-refractivity contribution in [3.05, 3.63) is 29.8 Å². The smallest absolute Gasteiger partial charge is 0.263 e. The van der Waals surface area contributed by atoms with Crippen molar-refractivity contribution in [3.63, 3.8) is 0 Å². The number of ether oxygens (including phenoxy) is 1. The minimum absolute atomic E-state index is 0.0510. The van der Waals surface area contributed by atoms with Crippen LogP contribution in [0, 0.1) is 0 Å². The first-order valence-corrected chi connectivity index (χ1v) is 7.89. The van der Waals surface area contributed by atoms with E-state index in [4.69, 9.17) is 9.57 Å². The summed E-state index contributed by atoms with van der Waals surface area (Å²) in [5.74, 6) is -0.213. The first kappa shape index (κ1) is 17.9. The highest BCUT2D eigenvalue weighted by atomic mass is 16.6. The highest BCUT2D eigenvalue weighted by Gasteiger charge is 2.21. The number of benzene rings is 1. The van der Waals surface area contributed by atoms with Crippen LogP contribution in [-0.4, -0.2) is 54.8 Å². The first-order valence-electron chi connectivity index (χ1n) is 7.89. The summed E-state index contributed by atoms with van der Waals surface area (Å²) < 4.78 is 5.40. The Bertz CT molecular complexity index is 613. The Kier molecular flexibility index (Phi) is 6.31. The summed E-state index contributed by atoms with van der Waals surface area (Å²) in [7, 11) is 0. The standard InChI is InChI=1S/C17H23N3O4/c1-12-10-20(8-9-23-12)17(22)11-24-19-13(2)15-4-6-16(7-5-15)18-14(3)21/h4-7,12H,8-11H2,1-3H3,(H,18,21)/b19-13-/t12-/m1/s1. The third-order valence-electron chi connectivity index (χ3n) is 3.61. The summed E-state index contributed by atoms with van der Waals surface area (Å²) in [5.41, 5.74) is 2.24. The molecule has 0 aliphatic carbocycles. The van der Waals surface area contributed by atoms with Gasteiger partial charge >= 0.3 is 0 Å². The maximum atomic E-state index is 12.0. The molecule has 1 aromatic rings. The largest absolute Gasteiger partial charge is 0.385 e. The fourth-order valence-electron chi connectivity index (χ4n) is 2.37. The molecule has 0 bridgehead atoms. The Hall–Kier alpha value is -2.41. The number of amides is 2. The van der Waals surface area contributed by atoms with E-state index < -0.39 is 0 Å². The van der Waals surface area contributed by atoms with E-state index >= 15 is 0 Å². The maximum Gasteiger partial charge on any atom is 0.263 e. The van der Waals surface area contributed by atoms with E-state index in [1.807, 2.05) is 19.1 Å². The molecule has 1 heterocycles. The Balaban J connectivity index is 1.84. The van der Waals surface area contributed by atoms with Crippen LogP contribution >= 0.6 is 0 Å². The number of carbonyl (C=O) groups excluding carboxylic acids is 2. The third-order valence-corrected chi connectivity index (χ3v) is 3.61. The summed E-state index contributed by atoms with van der Waals surface area (Å²) in [6.45, 7) is 6.82. The van der Waals surface area contributed by atoms with Gasteiger partial charge in [-0.2, -0.15) is 0 Å². The molecule has 130 valence electrons. The molecule has 1 aliphatic rings. The highest BCUT2D eigenvalue weighted by molar-refractivity contribution is 5.99. The monoisotopic (exact) mass is 333 g/mol. The van der Waals surface area contributed by atoms with E-state index in [0.29, 0.717) is 25.4 Å². The minimum atomic E-state index is -0.118. The second-order valence-corrected chi connectivity index (χ2v) is 5.73. The van der Waals surface area contributed by atoms with Crippen LogP contribution in [0.4, 0.5) is 5.69 Å². The number of oxime groups is 1. The van der Waals surface area contributed by atoms with Gasteiger partial charge in [0.25, 0.3) is 5.91 Å². The van der Waals surface area contributed by atoms with Crippen molar-refractivity contribution in [2.75, 3.05) is 31.6 Å². The lowest BCUT2D eigenvalue weighted by Crippen LogP contribution is -2.45. The lowest BCUT2D eigenvalue weighted by Gasteiger charge is -2.30. The van der Waals surface area contributed by atoms with Crippen molar-refractivity contribution in [1.82, 2.24) is 4.90 Å². The second kappa shape index (κ2) is 8.44. The number of hydrogen-bond donors (Lipinski definition) is 1. The molecular weight excluding hydrogens is 310 g/mol. The van der Waals surface area contributed by atoms with Crippen molar-refractivity contribution in [2.45, 2.75) is 26.9 Å². The second-order valence-electron chi connectivity index (χ2n) is 5.73. The molecular formula is C17H23N3O4. The van der Waals surface area contributed by atoms with Gasteiger partial charge in [0.1, 0.15) is 0 Å². The van der Waals surface area contributed by atoms with Gasteiger partial charge in [0.05, 0.1) is 18.4 Å². The van der Waals surface area contributed by atoms with E-state index in [9.17, 15) is 9.59 Å². The van der Waals surface area contributed by atoms with E-state index in [-0.39, 0.29) is 24.5 Å². The zero-order chi connectivity index (χ0) is 17.5. The summed E-state index contributed by atoms with van der Waals surface area (Å²) in [4.78, 5) is 29.9. The topological polar surface area (TPSA) is 80.2 Å². The van der Waals surface area contributed by atoms with Gasteiger partial charge in [0, 0.05) is 25.7 Å². The van der Waals surface area contributed by atoms with Gasteiger partial charge < -0.3 is 19.8 Å². The van der Waals surface area contributed by atoms with Gasteiger partial charge in [-0.1, -0.05) is 17.3 Å². The molecule has 1 aromatic carbocycles. The molecule has 7 nitrogen and oxygen atoms in total. The predicted octanol–water partition coefficient (Wildman–Crippen LogP) is 1.63. The van der Waals surface area contributed by atoms with Crippen molar-refractivity contribution in [3.8, 4) is 0 Å². The fourth-order valence-corrected chi connectivity index (χ4v) is 2.37. The Morgan fingerprint density at radius 2 is 2.04 bits per heavy atom. The summed E-state index contributed by atoms with van der Waals surface area (Å²) >= 11 is 0. The van der Waals surface area contributed by atoms with Crippen LogP contribution in [-0.2, 0) is 19.2 Å². The number of carbonyl (C=O) groups is 2. The summed E-state index contributed by atoms with van der Waals surface area (Å²) in [5, 5.41) is 6.69. The van der Waals surface area contributed by atoms with Gasteiger partial charge in [-0.05, 0) is 31.5 Å². The third kappa shape index (κ3) is 5.34. The molecule has 2 rings (SSSR count). The number of nitrogens with zero attached hydrogens (tertiary/aromatic N) is 2. The molecule has 2 amide bonds. The van der Waals surface area contributed by atoms with Crippen LogP contribution in [0.1, 0.15) is 26.3 Å². The lowest BCUT2D eigenvalue weighted by atomic mass is 10.1. The van der Waals surface area contributed by atoms with Gasteiger partial charge in [-0.25, -0.2) is 0 Å². The quantitative estimate of drug-likeness (QED) is 0.656. The number of hydrogen-bond acceptors (Lipinski definition) is 5. The Morgan fingerprint density at radius 1 is 1.33 bits per heavy atom. The van der Waals surface area contributed by atoms with Gasteiger partial charge in [-0.3, -0.25) is 9.59 Å². The van der Waals surface area contributed by atoms with Crippen molar-refractivity contribution in [1.29, 1.82) is 0 Å². The molecule has 24 heavy (non-hydrogen) atoms. The molecule has 0 unspecified atom stereocenters. The average Bonchev–Trinajstić information content (AvgIpc) is 2.54. The SMILES string of the molecule is CC(=O)Nc1ccc(/C(C)=N\OCC(=O)N2CCO[C@H](C)C2)cc1. The Labute approximate surface area is 141 Å². The van der Waals surface area contributed by atoms with Crippen LogP contribution in [0.5, 0.6) is 0 Å². The molecule has 1 saturated heterocycles. The average molecular weight is 333 g/mol. The molecule has 0 radical (unpaired) electrons. The minimum Gasteiger partial charge on any atom is -0.385 e. The molecule has 7 heteroatoms. The number of anilines is 1. The number of morpholine rings is 1. The van der Waals surface area contributed by atoms with E-state index in [1.54, 1.807) is 24.0 Å². The number of nitrogens with one attached hydrogen (secondary N) is 1. The molecule has 0 spiro atoms. The summed E-state index contributed by atoms with van der Waals surface area (Å²) in [6.07, 6.45) is 0.0510. The van der Waals surface area contributed by atoms with E-state index in [0.717, 1.165) is 11.3 Å². The van der Waals surface area contributed by atoms with Gasteiger partial charge in [-0.15, -0.1) is 0 Å². The van der Waals surface area contributed by atoms with Crippen molar-refractivity contribution < 1.29 is 19.2 Å². The summed E-state index contributed by atoms with van der Waals surface area (Å²) in [6, 6.07) is 7.24. The van der Waals surface area contributed by atoms with Crippen LogP contribution in [0.3, 0.4) is 0 Å². The molecule has 0 saturated carbocycles. The van der Waals surface area contributed by atoms with Crippen LogP contribution < -0.4 is 5.32 Å². The lowest BCUT2D eigenvalue weighted by molar-refractivity contribution is -0.142. The zero-order valence-electron chi connectivity index (χ0n) is 14.2. The van der Waals surface area contributed by atoms with Crippen LogP contribution in [0.2, 0.25) is 0 Å². The van der Waals surface area contributed by atoms with E-state index in [1.165, 1.54) is 6.92 Å². The zero-order valence-corrected chi connectivity index (χ0v) is 14.2. The Morgan fingerprint density at radius 3 is 2.67 bits per heavy atom. The predicted molar refractivity (Wildman–Crippen MR) is 90.9 cm³/mol. The number of rotatable bonds is 5. The van der Waals surface area contributed by atoms with Gasteiger partial charge in [0.2, 0.25) is 5.91 Å². The molecule has 1 N–H and O–H groups in total. The first-order chi connectivity index (χ1) is 11.5. The molecule has 1 fully saturated rings. The van der Waals surface area contributed by atoms with Crippen molar-refractivity contribution >= 4 is 23.2 Å². The normalized spacial score (nSPS) is 18.2. The van der Waals surface area contributed by atoms with Crippen LogP contribution in [0.15, 0.2) is 29.4 Å². The van der Waals surface area contributed by atoms with Crippen LogP contribution in [0.25, 0.3) is 0 Å². The molecule has 0 aromatic heterocycles.